The number of ketones is 2. The summed E-state index contributed by atoms with van der Waals surface area (Å²) >= 11 is 5.74. The van der Waals surface area contributed by atoms with E-state index in [4.69, 9.17) is 11.6 Å². The van der Waals surface area contributed by atoms with Crippen LogP contribution >= 0.6 is 11.6 Å². The van der Waals surface area contributed by atoms with Crippen LogP contribution in [0.3, 0.4) is 0 Å². The van der Waals surface area contributed by atoms with Gasteiger partial charge in [0.2, 0.25) is 0 Å². The van der Waals surface area contributed by atoms with Gasteiger partial charge in [0.05, 0.1) is 10.5 Å². The Labute approximate surface area is 130 Å². The van der Waals surface area contributed by atoms with Gasteiger partial charge in [0.15, 0.2) is 11.6 Å². The van der Waals surface area contributed by atoms with E-state index in [0.29, 0.717) is 16.7 Å². The number of benzene rings is 2. The number of hydrogen-bond acceptors (Lipinski definition) is 4. The molecule has 0 N–H and O–H groups in total. The first kappa shape index (κ1) is 14.2. The number of Topliss-reactive ketones (excluding diaryl/α,β-unsaturated/α-hetero) is 2. The monoisotopic (exact) mass is 313 g/mol. The zero-order valence-electron chi connectivity index (χ0n) is 11.1. The summed E-state index contributed by atoms with van der Waals surface area (Å²) in [4.78, 5) is 34.8. The largest absolute Gasteiger partial charge is 0.288 e. The highest BCUT2D eigenvalue weighted by Gasteiger charge is 2.32. The van der Waals surface area contributed by atoms with Crippen LogP contribution in [0, 0.1) is 10.1 Å². The number of carbonyl (C=O) groups is 2. The maximum Gasteiger partial charge on any atom is 0.288 e. The van der Waals surface area contributed by atoms with Crippen LogP contribution in [0.1, 0.15) is 26.3 Å². The first-order chi connectivity index (χ1) is 10.5. The van der Waals surface area contributed by atoms with Gasteiger partial charge in [-0.1, -0.05) is 41.9 Å². The van der Waals surface area contributed by atoms with E-state index >= 15 is 0 Å². The van der Waals surface area contributed by atoms with Gasteiger partial charge in [-0.25, -0.2) is 0 Å². The van der Waals surface area contributed by atoms with Gasteiger partial charge in [0, 0.05) is 17.2 Å². The Morgan fingerprint density at radius 2 is 1.59 bits per heavy atom. The summed E-state index contributed by atoms with van der Waals surface area (Å²) < 4.78 is 0. The van der Waals surface area contributed by atoms with Crippen LogP contribution in [0.15, 0.2) is 48.0 Å². The molecule has 0 saturated carbocycles. The van der Waals surface area contributed by atoms with Crippen molar-refractivity contribution in [3.8, 4) is 0 Å². The Bertz CT molecular complexity index is 833. The van der Waals surface area contributed by atoms with Crippen molar-refractivity contribution in [1.29, 1.82) is 0 Å². The first-order valence-electron chi connectivity index (χ1n) is 6.33. The van der Waals surface area contributed by atoms with Gasteiger partial charge < -0.3 is 0 Å². The molecule has 0 heterocycles. The number of allylic oxidation sites excluding steroid dienone is 1. The fourth-order valence-corrected chi connectivity index (χ4v) is 2.52. The number of hydrogen-bond donors (Lipinski definition) is 0. The van der Waals surface area contributed by atoms with Crippen molar-refractivity contribution in [1.82, 2.24) is 0 Å². The second-order valence-electron chi connectivity index (χ2n) is 4.73. The summed E-state index contributed by atoms with van der Waals surface area (Å²) in [5.41, 5.74) is 0.800. The molecule has 0 bridgehead atoms. The number of nitrogens with zero attached hydrogens (tertiary/aromatic N) is 1. The normalized spacial score (nSPS) is 13.2. The fraction of sp³-hybridized carbons (Fsp3) is 0. The van der Waals surface area contributed by atoms with Crippen LogP contribution < -0.4 is 0 Å². The minimum absolute atomic E-state index is 0.000453. The van der Waals surface area contributed by atoms with Crippen molar-refractivity contribution in [3.63, 3.8) is 0 Å². The molecule has 0 unspecified atom stereocenters. The highest BCUT2D eigenvalue weighted by Crippen LogP contribution is 2.30. The molecule has 0 amide bonds. The smallest absolute Gasteiger partial charge is 0.288 e. The van der Waals surface area contributed by atoms with E-state index in [9.17, 15) is 19.7 Å². The Balaban J connectivity index is 2.08. The van der Waals surface area contributed by atoms with Crippen molar-refractivity contribution in [2.75, 3.05) is 0 Å². The number of carbonyl (C=O) groups excluding carboxylic acids is 2. The van der Waals surface area contributed by atoms with E-state index in [0.717, 1.165) is 0 Å². The number of nitro benzene ring substituents is 1. The van der Waals surface area contributed by atoms with Crippen LogP contribution in [0.5, 0.6) is 0 Å². The van der Waals surface area contributed by atoms with Crippen LogP contribution in [0.25, 0.3) is 6.08 Å². The third-order valence-corrected chi connectivity index (χ3v) is 3.70. The van der Waals surface area contributed by atoms with Crippen molar-refractivity contribution in [2.24, 2.45) is 0 Å². The average molecular weight is 314 g/mol. The summed E-state index contributed by atoms with van der Waals surface area (Å²) in [5, 5.41) is 10.9. The summed E-state index contributed by atoms with van der Waals surface area (Å²) in [6, 6.07) is 10.6. The third kappa shape index (κ3) is 2.21. The molecule has 3 rings (SSSR count). The molecule has 22 heavy (non-hydrogen) atoms. The topological polar surface area (TPSA) is 77.3 Å². The lowest BCUT2D eigenvalue weighted by Crippen LogP contribution is -2.00. The highest BCUT2D eigenvalue weighted by atomic mass is 35.5. The molecule has 1 aliphatic carbocycles. The van der Waals surface area contributed by atoms with Crippen molar-refractivity contribution in [2.45, 2.75) is 0 Å². The molecule has 0 fully saturated rings. The van der Waals surface area contributed by atoms with Gasteiger partial charge >= 0.3 is 0 Å². The maximum absolute atomic E-state index is 12.2. The zero-order chi connectivity index (χ0) is 15.9. The van der Waals surface area contributed by atoms with E-state index in [2.05, 4.69) is 0 Å². The van der Waals surface area contributed by atoms with Crippen molar-refractivity contribution < 1.29 is 14.5 Å². The predicted molar refractivity (Wildman–Crippen MR) is 81.2 cm³/mol. The van der Waals surface area contributed by atoms with Gasteiger partial charge in [0.1, 0.15) is 5.02 Å². The zero-order valence-corrected chi connectivity index (χ0v) is 11.8. The minimum atomic E-state index is -0.614. The van der Waals surface area contributed by atoms with Crippen molar-refractivity contribution >= 4 is 34.9 Å². The molecule has 2 aromatic carbocycles. The molecular weight excluding hydrogens is 306 g/mol. The lowest BCUT2D eigenvalue weighted by Gasteiger charge is -1.99. The second-order valence-corrected chi connectivity index (χ2v) is 5.14. The van der Waals surface area contributed by atoms with Gasteiger partial charge in [-0.2, -0.15) is 0 Å². The molecule has 0 radical (unpaired) electrons. The average Bonchev–Trinajstić information content (AvgIpc) is 2.74. The van der Waals surface area contributed by atoms with Gasteiger partial charge in [-0.3, -0.25) is 19.7 Å². The molecule has 0 spiro atoms. The quantitative estimate of drug-likeness (QED) is 0.366. The Kier molecular flexibility index (Phi) is 3.35. The van der Waals surface area contributed by atoms with Crippen molar-refractivity contribution in [3.05, 3.63) is 79.9 Å². The van der Waals surface area contributed by atoms with E-state index < -0.39 is 4.92 Å². The minimum Gasteiger partial charge on any atom is -0.288 e. The maximum atomic E-state index is 12.2. The molecule has 6 heteroatoms. The van der Waals surface area contributed by atoms with Crippen LogP contribution in [0.4, 0.5) is 5.69 Å². The lowest BCUT2D eigenvalue weighted by atomic mass is 10.1. The van der Waals surface area contributed by atoms with Crippen LogP contribution in [-0.4, -0.2) is 16.5 Å². The van der Waals surface area contributed by atoms with Crippen LogP contribution in [0.2, 0.25) is 5.02 Å². The fourth-order valence-electron chi connectivity index (χ4n) is 2.33. The molecule has 0 saturated heterocycles. The standard InChI is InChI=1S/C16H8ClNO4/c17-13-6-5-9(8-14(13)18(21)22)7-12-15(19)10-3-1-2-4-11(10)16(12)20/h1-8H. The van der Waals surface area contributed by atoms with Gasteiger partial charge in [0.25, 0.3) is 5.69 Å². The molecular formula is C16H8ClNO4. The SMILES string of the molecule is O=C1C(=Cc2ccc(Cl)c([N+](=O)[O-])c2)C(=O)c2ccccc21. The molecule has 108 valence electrons. The lowest BCUT2D eigenvalue weighted by molar-refractivity contribution is -0.384. The number of rotatable bonds is 2. The van der Waals surface area contributed by atoms with Gasteiger partial charge in [-0.15, -0.1) is 0 Å². The molecule has 2 aromatic rings. The number of fused-ring (bicyclic) bond motifs is 1. The van der Waals surface area contributed by atoms with E-state index in [-0.39, 0.29) is 27.8 Å². The molecule has 0 atom stereocenters. The molecule has 0 aliphatic heterocycles. The molecule has 0 aromatic heterocycles. The molecule has 1 aliphatic rings. The summed E-state index contributed by atoms with van der Waals surface area (Å²) in [5.74, 6) is -0.753. The number of halogens is 1. The molecule has 5 nitrogen and oxygen atoms in total. The summed E-state index contributed by atoms with van der Waals surface area (Å²) in [7, 11) is 0. The predicted octanol–water partition coefficient (Wildman–Crippen LogP) is 3.71. The first-order valence-corrected chi connectivity index (χ1v) is 6.71. The van der Waals surface area contributed by atoms with E-state index in [1.807, 2.05) is 0 Å². The Morgan fingerprint density at radius 3 is 2.14 bits per heavy atom. The van der Waals surface area contributed by atoms with Crippen LogP contribution in [-0.2, 0) is 0 Å². The van der Waals surface area contributed by atoms with Gasteiger partial charge in [-0.05, 0) is 17.7 Å². The third-order valence-electron chi connectivity index (χ3n) is 3.38. The summed E-state index contributed by atoms with van der Waals surface area (Å²) in [6.07, 6.45) is 1.36. The van der Waals surface area contributed by atoms with E-state index in [1.165, 1.54) is 24.3 Å². The van der Waals surface area contributed by atoms with E-state index in [1.54, 1.807) is 24.3 Å². The summed E-state index contributed by atoms with van der Waals surface area (Å²) in [6.45, 7) is 0. The second kappa shape index (κ2) is 5.20. The highest BCUT2D eigenvalue weighted by molar-refractivity contribution is 6.41. The Morgan fingerprint density at radius 1 is 1.00 bits per heavy atom. The number of nitro groups is 1. The Hall–Kier alpha value is -2.79.